The average molecular weight is 394 g/mol. The van der Waals surface area contributed by atoms with Crippen LogP contribution in [-0.4, -0.2) is 58.9 Å². The fourth-order valence-corrected chi connectivity index (χ4v) is 7.51. The number of rotatable bonds is 8. The molecule has 1 aromatic rings. The summed E-state index contributed by atoms with van der Waals surface area (Å²) < 4.78 is 67.9. The normalized spacial score (nSPS) is 23.2. The maximum Gasteiger partial charge on any atom is 0.183 e. The SMILES string of the molecule is CC(C)OCCCNC1CS(=O)(=O)CC1S(=O)(=O)c1ccc(F)cc1. The molecule has 1 aliphatic rings. The van der Waals surface area contributed by atoms with E-state index < -0.39 is 42.5 Å². The van der Waals surface area contributed by atoms with Crippen LogP contribution >= 0.6 is 0 Å². The van der Waals surface area contributed by atoms with E-state index in [9.17, 15) is 21.2 Å². The van der Waals surface area contributed by atoms with Crippen LogP contribution in [0, 0.1) is 5.82 Å². The minimum Gasteiger partial charge on any atom is -0.379 e. The quantitative estimate of drug-likeness (QED) is 0.527. The molecule has 6 nitrogen and oxygen atoms in total. The van der Waals surface area contributed by atoms with Gasteiger partial charge >= 0.3 is 0 Å². The molecule has 9 heteroatoms. The van der Waals surface area contributed by atoms with Crippen LogP contribution in [0.1, 0.15) is 20.3 Å². The molecule has 0 saturated carbocycles. The van der Waals surface area contributed by atoms with Gasteiger partial charge in [-0.25, -0.2) is 21.2 Å². The van der Waals surface area contributed by atoms with Crippen molar-refractivity contribution in [1.29, 1.82) is 0 Å². The van der Waals surface area contributed by atoms with Crippen molar-refractivity contribution in [2.45, 2.75) is 42.6 Å². The van der Waals surface area contributed by atoms with Gasteiger partial charge in [0, 0.05) is 12.6 Å². The highest BCUT2D eigenvalue weighted by Gasteiger charge is 2.45. The van der Waals surface area contributed by atoms with Crippen LogP contribution in [0.15, 0.2) is 29.2 Å². The van der Waals surface area contributed by atoms with Gasteiger partial charge in [-0.3, -0.25) is 0 Å². The second-order valence-corrected chi connectivity index (χ2v) is 10.8. The van der Waals surface area contributed by atoms with E-state index in [-0.39, 0.29) is 16.8 Å². The van der Waals surface area contributed by atoms with Crippen LogP contribution in [0.2, 0.25) is 0 Å². The molecular weight excluding hydrogens is 369 g/mol. The van der Waals surface area contributed by atoms with E-state index in [0.717, 1.165) is 12.1 Å². The average Bonchev–Trinajstić information content (AvgIpc) is 2.83. The molecule has 1 saturated heterocycles. The topological polar surface area (TPSA) is 89.5 Å². The van der Waals surface area contributed by atoms with Crippen LogP contribution in [0.25, 0.3) is 0 Å². The number of hydrogen-bond donors (Lipinski definition) is 1. The second-order valence-electron chi connectivity index (χ2n) is 6.45. The van der Waals surface area contributed by atoms with Gasteiger partial charge in [-0.05, 0) is 51.1 Å². The molecule has 0 radical (unpaired) electrons. The van der Waals surface area contributed by atoms with Crippen molar-refractivity contribution in [3.8, 4) is 0 Å². The van der Waals surface area contributed by atoms with Crippen LogP contribution in [-0.2, 0) is 24.4 Å². The van der Waals surface area contributed by atoms with Gasteiger partial charge in [0.15, 0.2) is 19.7 Å². The highest BCUT2D eigenvalue weighted by Crippen LogP contribution is 2.26. The van der Waals surface area contributed by atoms with Crippen molar-refractivity contribution in [1.82, 2.24) is 5.32 Å². The lowest BCUT2D eigenvalue weighted by Gasteiger charge is -2.20. The largest absolute Gasteiger partial charge is 0.379 e. The van der Waals surface area contributed by atoms with Crippen LogP contribution in [0.5, 0.6) is 0 Å². The summed E-state index contributed by atoms with van der Waals surface area (Å²) in [6.07, 6.45) is 0.761. The van der Waals surface area contributed by atoms with Gasteiger partial charge in [0.25, 0.3) is 0 Å². The monoisotopic (exact) mass is 393 g/mol. The third-order valence-corrected chi connectivity index (χ3v) is 8.19. The summed E-state index contributed by atoms with van der Waals surface area (Å²) in [6.45, 7) is 4.81. The maximum absolute atomic E-state index is 13.0. The fraction of sp³-hybridized carbons (Fsp3) is 0.625. The Bertz CT molecular complexity index is 775. The van der Waals surface area contributed by atoms with E-state index in [2.05, 4.69) is 5.32 Å². The molecule has 2 unspecified atom stereocenters. The van der Waals surface area contributed by atoms with Crippen molar-refractivity contribution < 1.29 is 26.0 Å². The van der Waals surface area contributed by atoms with Crippen molar-refractivity contribution in [3.63, 3.8) is 0 Å². The Kier molecular flexibility index (Phi) is 6.58. The zero-order valence-corrected chi connectivity index (χ0v) is 15.9. The molecular formula is C16H24FNO5S2. The molecule has 1 heterocycles. The zero-order chi connectivity index (χ0) is 18.7. The predicted molar refractivity (Wildman–Crippen MR) is 93.5 cm³/mol. The minimum absolute atomic E-state index is 0.0639. The van der Waals surface area contributed by atoms with E-state index in [1.54, 1.807) is 0 Å². The molecule has 2 rings (SSSR count). The molecule has 0 aliphatic carbocycles. The molecule has 1 fully saturated rings. The summed E-state index contributed by atoms with van der Waals surface area (Å²) in [4.78, 5) is -0.0639. The summed E-state index contributed by atoms with van der Waals surface area (Å²) in [5.41, 5.74) is 0. The van der Waals surface area contributed by atoms with Crippen molar-refractivity contribution in [2.75, 3.05) is 24.7 Å². The molecule has 142 valence electrons. The molecule has 2 atom stereocenters. The predicted octanol–water partition coefficient (Wildman–Crippen LogP) is 1.17. The highest BCUT2D eigenvalue weighted by molar-refractivity contribution is 7.96. The van der Waals surface area contributed by atoms with Gasteiger partial charge in [-0.2, -0.15) is 0 Å². The summed E-state index contributed by atoms with van der Waals surface area (Å²) in [5.74, 6) is -1.19. The number of sulfone groups is 2. The van der Waals surface area contributed by atoms with Gasteiger partial charge in [0.1, 0.15) is 5.82 Å². The Morgan fingerprint density at radius 3 is 2.48 bits per heavy atom. The molecule has 1 aliphatic heterocycles. The van der Waals surface area contributed by atoms with E-state index in [1.807, 2.05) is 13.8 Å². The third kappa shape index (κ3) is 5.47. The summed E-state index contributed by atoms with van der Waals surface area (Å²) in [7, 11) is -7.32. The first-order valence-electron chi connectivity index (χ1n) is 8.17. The smallest absolute Gasteiger partial charge is 0.183 e. The lowest BCUT2D eigenvalue weighted by molar-refractivity contribution is 0.0768. The molecule has 0 bridgehead atoms. The van der Waals surface area contributed by atoms with Crippen molar-refractivity contribution in [3.05, 3.63) is 30.1 Å². The molecule has 0 spiro atoms. The Morgan fingerprint density at radius 1 is 1.24 bits per heavy atom. The van der Waals surface area contributed by atoms with E-state index in [4.69, 9.17) is 4.74 Å². The molecule has 25 heavy (non-hydrogen) atoms. The maximum atomic E-state index is 13.0. The minimum atomic E-state index is -3.87. The number of hydrogen-bond acceptors (Lipinski definition) is 6. The van der Waals surface area contributed by atoms with Crippen LogP contribution in [0.3, 0.4) is 0 Å². The van der Waals surface area contributed by atoms with E-state index >= 15 is 0 Å². The standard InChI is InChI=1S/C16H24FNO5S2/c1-12(2)23-9-3-8-18-15-10-24(19,20)11-16(15)25(21,22)14-6-4-13(17)5-7-14/h4-7,12,15-16,18H,3,8-11H2,1-2H3. The number of ether oxygens (including phenoxy) is 1. The summed E-state index contributed by atoms with van der Waals surface area (Å²) in [5, 5.41) is 1.96. The Morgan fingerprint density at radius 2 is 1.88 bits per heavy atom. The van der Waals surface area contributed by atoms with Gasteiger partial charge < -0.3 is 10.1 Å². The summed E-state index contributed by atoms with van der Waals surface area (Å²) in [6, 6.07) is 3.77. The molecule has 0 aromatic heterocycles. The number of nitrogens with one attached hydrogen (secondary N) is 1. The van der Waals surface area contributed by atoms with Crippen LogP contribution < -0.4 is 5.32 Å². The van der Waals surface area contributed by atoms with Gasteiger partial charge in [-0.15, -0.1) is 0 Å². The Hall–Kier alpha value is -1.03. The molecule has 1 aromatic carbocycles. The first-order chi connectivity index (χ1) is 11.6. The lowest BCUT2D eigenvalue weighted by atomic mass is 10.2. The van der Waals surface area contributed by atoms with Crippen molar-refractivity contribution >= 4 is 19.7 Å². The second kappa shape index (κ2) is 8.11. The zero-order valence-electron chi connectivity index (χ0n) is 14.3. The van der Waals surface area contributed by atoms with E-state index in [1.165, 1.54) is 12.1 Å². The Balaban J connectivity index is 2.09. The molecule has 1 N–H and O–H groups in total. The number of benzene rings is 1. The van der Waals surface area contributed by atoms with Gasteiger partial charge in [-0.1, -0.05) is 0 Å². The first-order valence-corrected chi connectivity index (χ1v) is 11.5. The summed E-state index contributed by atoms with van der Waals surface area (Å²) >= 11 is 0. The van der Waals surface area contributed by atoms with Crippen molar-refractivity contribution in [2.24, 2.45) is 0 Å². The fourth-order valence-electron chi connectivity index (χ4n) is 2.79. The van der Waals surface area contributed by atoms with Crippen LogP contribution in [0.4, 0.5) is 4.39 Å². The van der Waals surface area contributed by atoms with E-state index in [0.29, 0.717) is 19.6 Å². The lowest BCUT2D eigenvalue weighted by Crippen LogP contribution is -2.43. The van der Waals surface area contributed by atoms with Gasteiger partial charge in [0.05, 0.1) is 27.8 Å². The first kappa shape index (κ1) is 20.3. The third-order valence-electron chi connectivity index (χ3n) is 4.02. The number of halogens is 1. The Labute approximate surface area is 148 Å². The highest BCUT2D eigenvalue weighted by atomic mass is 32.2. The van der Waals surface area contributed by atoms with Gasteiger partial charge in [0.2, 0.25) is 0 Å². The molecule has 0 amide bonds.